The predicted molar refractivity (Wildman–Crippen MR) is 105 cm³/mol. The van der Waals surface area contributed by atoms with Crippen LogP contribution in [0.2, 0.25) is 0 Å². The zero-order valence-electron chi connectivity index (χ0n) is 16.8. The fourth-order valence-corrected chi connectivity index (χ4v) is 2.74. The van der Waals surface area contributed by atoms with Gasteiger partial charge < -0.3 is 18.8 Å². The first-order valence-electron chi connectivity index (χ1n) is 9.02. The monoisotopic (exact) mass is 397 g/mol. The van der Waals surface area contributed by atoms with Crippen LogP contribution < -0.4 is 4.74 Å². The second kappa shape index (κ2) is 8.64. The number of amides is 1. The number of esters is 1. The zero-order chi connectivity index (χ0) is 21.0. The summed E-state index contributed by atoms with van der Waals surface area (Å²) in [6.45, 7) is 2.56. The van der Waals surface area contributed by atoms with Crippen LogP contribution >= 0.6 is 0 Å². The molecule has 0 spiro atoms. The molecule has 0 saturated heterocycles. The van der Waals surface area contributed by atoms with Crippen molar-refractivity contribution in [3.05, 3.63) is 70.9 Å². The number of rotatable bonds is 7. The van der Waals surface area contributed by atoms with E-state index in [4.69, 9.17) is 9.15 Å². The summed E-state index contributed by atoms with van der Waals surface area (Å²) in [7, 11) is 4.91. The molecular formula is C21H23N3O5. The van der Waals surface area contributed by atoms with Crippen LogP contribution in [0, 0.1) is 6.92 Å². The van der Waals surface area contributed by atoms with E-state index in [1.807, 2.05) is 14.0 Å². The molecule has 0 N–H and O–H groups in total. The quantitative estimate of drug-likeness (QED) is 0.570. The third kappa shape index (κ3) is 4.66. The average Bonchev–Trinajstić information content (AvgIpc) is 3.33. The van der Waals surface area contributed by atoms with Gasteiger partial charge in [0.1, 0.15) is 18.1 Å². The van der Waals surface area contributed by atoms with Crippen LogP contribution in [0.1, 0.15) is 37.9 Å². The van der Waals surface area contributed by atoms with E-state index >= 15 is 0 Å². The molecule has 8 heteroatoms. The summed E-state index contributed by atoms with van der Waals surface area (Å²) in [5.41, 5.74) is 2.43. The number of nitrogens with zero attached hydrogens (tertiary/aromatic N) is 3. The van der Waals surface area contributed by atoms with Crippen molar-refractivity contribution < 1.29 is 23.5 Å². The molecular weight excluding hydrogens is 374 g/mol. The van der Waals surface area contributed by atoms with Gasteiger partial charge in [0.15, 0.2) is 5.76 Å². The molecule has 3 rings (SSSR count). The van der Waals surface area contributed by atoms with Gasteiger partial charge in [-0.15, -0.1) is 0 Å². The maximum Gasteiger partial charge on any atom is 0.337 e. The minimum absolute atomic E-state index is 0.163. The lowest BCUT2D eigenvalue weighted by atomic mass is 10.2. The number of furan rings is 1. The Bertz CT molecular complexity index is 1000. The molecule has 0 fully saturated rings. The second-order valence-corrected chi connectivity index (χ2v) is 6.61. The van der Waals surface area contributed by atoms with Crippen LogP contribution in [0.15, 0.2) is 47.0 Å². The number of methoxy groups -OCH3 is 1. The van der Waals surface area contributed by atoms with E-state index in [0.717, 1.165) is 11.3 Å². The molecule has 1 aromatic carbocycles. The fraction of sp³-hybridized carbons (Fsp3) is 0.286. The van der Waals surface area contributed by atoms with E-state index in [-0.39, 0.29) is 18.3 Å². The van der Waals surface area contributed by atoms with Crippen molar-refractivity contribution in [2.75, 3.05) is 14.2 Å². The van der Waals surface area contributed by atoms with E-state index in [9.17, 15) is 9.59 Å². The Balaban J connectivity index is 1.57. The number of aromatic nitrogens is 2. The Hall–Kier alpha value is -3.55. The Kier molecular flexibility index (Phi) is 6.01. The van der Waals surface area contributed by atoms with Gasteiger partial charge in [-0.2, -0.15) is 5.10 Å². The van der Waals surface area contributed by atoms with Gasteiger partial charge in [0.2, 0.25) is 0 Å². The summed E-state index contributed by atoms with van der Waals surface area (Å²) >= 11 is 0. The molecule has 0 bridgehead atoms. The van der Waals surface area contributed by atoms with Crippen LogP contribution in [0.5, 0.6) is 5.75 Å². The van der Waals surface area contributed by atoms with Gasteiger partial charge in [0.25, 0.3) is 5.91 Å². The molecule has 0 saturated carbocycles. The summed E-state index contributed by atoms with van der Waals surface area (Å²) in [6.07, 6.45) is 1.76. The number of ether oxygens (including phenoxy) is 2. The first kappa shape index (κ1) is 20.2. The van der Waals surface area contributed by atoms with Crippen molar-refractivity contribution in [2.24, 2.45) is 7.05 Å². The van der Waals surface area contributed by atoms with Crippen molar-refractivity contribution in [3.8, 4) is 5.75 Å². The molecule has 0 radical (unpaired) electrons. The third-order valence-electron chi connectivity index (χ3n) is 4.62. The number of carbonyl (C=O) groups is 2. The molecule has 0 aliphatic heterocycles. The van der Waals surface area contributed by atoms with Crippen molar-refractivity contribution >= 4 is 11.9 Å². The van der Waals surface area contributed by atoms with Crippen LogP contribution in [-0.2, 0) is 24.9 Å². The summed E-state index contributed by atoms with van der Waals surface area (Å²) < 4.78 is 17.7. The second-order valence-electron chi connectivity index (χ2n) is 6.61. The van der Waals surface area contributed by atoms with Crippen molar-refractivity contribution in [3.63, 3.8) is 0 Å². The number of benzene rings is 1. The smallest absolute Gasteiger partial charge is 0.337 e. The molecule has 0 aliphatic carbocycles. The number of hydrogen-bond acceptors (Lipinski definition) is 6. The maximum atomic E-state index is 12.6. The Labute approximate surface area is 168 Å². The molecule has 2 aromatic heterocycles. The summed E-state index contributed by atoms with van der Waals surface area (Å²) in [5.74, 6) is 0.717. The topological polar surface area (TPSA) is 86.8 Å². The maximum absolute atomic E-state index is 12.6. The molecule has 29 heavy (non-hydrogen) atoms. The van der Waals surface area contributed by atoms with Gasteiger partial charge in [-0.05, 0) is 43.3 Å². The lowest BCUT2D eigenvalue weighted by Crippen LogP contribution is -2.26. The Morgan fingerprint density at radius 1 is 1.17 bits per heavy atom. The van der Waals surface area contributed by atoms with Crippen molar-refractivity contribution in [1.82, 2.24) is 14.7 Å². The van der Waals surface area contributed by atoms with E-state index in [1.165, 1.54) is 7.11 Å². The highest BCUT2D eigenvalue weighted by atomic mass is 16.5. The molecule has 0 atom stereocenters. The van der Waals surface area contributed by atoms with Crippen molar-refractivity contribution in [1.29, 1.82) is 0 Å². The average molecular weight is 397 g/mol. The standard InChI is InChI=1S/C21H23N3O5/c1-14-16(11-22-24(14)3)12-23(2)20(25)19-10-9-18(29-19)13-28-17-7-5-15(6-8-17)21(26)27-4/h5-11H,12-13H2,1-4H3. The number of aryl methyl sites for hydroxylation is 1. The van der Waals surface area contributed by atoms with Gasteiger partial charge >= 0.3 is 5.97 Å². The van der Waals surface area contributed by atoms with Crippen LogP contribution in [0.3, 0.4) is 0 Å². The third-order valence-corrected chi connectivity index (χ3v) is 4.62. The van der Waals surface area contributed by atoms with E-state index in [0.29, 0.717) is 23.6 Å². The summed E-state index contributed by atoms with van der Waals surface area (Å²) in [5, 5.41) is 4.19. The molecule has 8 nitrogen and oxygen atoms in total. The molecule has 0 unspecified atom stereocenters. The Morgan fingerprint density at radius 3 is 2.52 bits per heavy atom. The lowest BCUT2D eigenvalue weighted by molar-refractivity contribution is 0.0600. The van der Waals surface area contributed by atoms with Crippen LogP contribution in [-0.4, -0.2) is 40.7 Å². The molecule has 3 aromatic rings. The number of carbonyl (C=O) groups excluding carboxylic acids is 2. The Morgan fingerprint density at radius 2 is 1.90 bits per heavy atom. The molecule has 2 heterocycles. The lowest BCUT2D eigenvalue weighted by Gasteiger charge is -2.15. The molecule has 1 amide bonds. The first-order chi connectivity index (χ1) is 13.9. The zero-order valence-corrected chi connectivity index (χ0v) is 16.8. The number of hydrogen-bond donors (Lipinski definition) is 0. The molecule has 0 aliphatic rings. The van der Waals surface area contributed by atoms with Gasteiger partial charge in [0.05, 0.1) is 18.9 Å². The van der Waals surface area contributed by atoms with Crippen LogP contribution in [0.4, 0.5) is 0 Å². The predicted octanol–water partition coefficient (Wildman–Crippen LogP) is 2.96. The van der Waals surface area contributed by atoms with E-state index < -0.39 is 5.97 Å². The largest absolute Gasteiger partial charge is 0.486 e. The van der Waals surface area contributed by atoms with Gasteiger partial charge in [-0.3, -0.25) is 9.48 Å². The summed E-state index contributed by atoms with van der Waals surface area (Å²) in [6, 6.07) is 9.92. The van der Waals surface area contributed by atoms with Crippen LogP contribution in [0.25, 0.3) is 0 Å². The summed E-state index contributed by atoms with van der Waals surface area (Å²) in [4.78, 5) is 25.6. The van der Waals surface area contributed by atoms with E-state index in [1.54, 1.807) is 59.2 Å². The van der Waals surface area contributed by atoms with Gasteiger partial charge in [0, 0.05) is 31.9 Å². The minimum atomic E-state index is -0.406. The highest BCUT2D eigenvalue weighted by molar-refractivity contribution is 5.91. The highest BCUT2D eigenvalue weighted by Crippen LogP contribution is 2.17. The molecule has 152 valence electrons. The minimum Gasteiger partial charge on any atom is -0.486 e. The highest BCUT2D eigenvalue weighted by Gasteiger charge is 2.18. The fourth-order valence-electron chi connectivity index (χ4n) is 2.74. The van der Waals surface area contributed by atoms with Crippen molar-refractivity contribution in [2.45, 2.75) is 20.1 Å². The van der Waals surface area contributed by atoms with E-state index in [2.05, 4.69) is 9.84 Å². The SMILES string of the molecule is COC(=O)c1ccc(OCc2ccc(C(=O)N(C)Cc3cnn(C)c3C)o2)cc1. The first-order valence-corrected chi connectivity index (χ1v) is 9.02. The van der Waals surface area contributed by atoms with Gasteiger partial charge in [-0.1, -0.05) is 0 Å². The van der Waals surface area contributed by atoms with Gasteiger partial charge in [-0.25, -0.2) is 4.79 Å². The normalized spacial score (nSPS) is 10.6.